The molecule has 0 amide bonds. The summed E-state index contributed by atoms with van der Waals surface area (Å²) in [6.45, 7) is 7.24. The van der Waals surface area contributed by atoms with E-state index < -0.39 is 0 Å². The molecule has 0 radical (unpaired) electrons. The van der Waals surface area contributed by atoms with E-state index >= 15 is 0 Å². The molecule has 1 aromatic carbocycles. The molecule has 1 saturated carbocycles. The molecule has 6 heteroatoms. The number of hydrogen-bond donors (Lipinski definition) is 1. The van der Waals surface area contributed by atoms with Gasteiger partial charge in [0.2, 0.25) is 11.0 Å². The second-order valence-electron chi connectivity index (χ2n) is 9.62. The van der Waals surface area contributed by atoms with Gasteiger partial charge in [-0.3, -0.25) is 0 Å². The lowest BCUT2D eigenvalue weighted by atomic mass is 9.59. The summed E-state index contributed by atoms with van der Waals surface area (Å²) in [4.78, 5) is 4.69. The Morgan fingerprint density at radius 3 is 2.87 bits per heavy atom. The second kappa shape index (κ2) is 7.56. The molecule has 2 heterocycles. The molecule has 2 aliphatic carbocycles. The number of anilines is 1. The maximum atomic E-state index is 6.58. The molecular weight excluding hydrogens is 392 g/mol. The summed E-state index contributed by atoms with van der Waals surface area (Å²) in [6, 6.07) is 8.26. The lowest BCUT2D eigenvalue weighted by Crippen LogP contribution is -2.45. The van der Waals surface area contributed by atoms with Crippen molar-refractivity contribution in [2.24, 2.45) is 23.2 Å². The Labute approximate surface area is 183 Å². The van der Waals surface area contributed by atoms with Crippen LogP contribution in [0.3, 0.4) is 0 Å². The van der Waals surface area contributed by atoms with Crippen LogP contribution in [-0.4, -0.2) is 27.7 Å². The van der Waals surface area contributed by atoms with Crippen LogP contribution < -0.4 is 10.1 Å². The quantitative estimate of drug-likeness (QED) is 0.487. The summed E-state index contributed by atoms with van der Waals surface area (Å²) in [6.07, 6.45) is 9.13. The summed E-state index contributed by atoms with van der Waals surface area (Å²) < 4.78 is 6.58. The van der Waals surface area contributed by atoms with Gasteiger partial charge in [-0.05, 0) is 55.3 Å². The van der Waals surface area contributed by atoms with Gasteiger partial charge in [-0.2, -0.15) is 4.98 Å². The number of nitrogens with zero attached hydrogens (tertiary/aromatic N) is 3. The third kappa shape index (κ3) is 3.39. The molecule has 1 fully saturated rings. The Bertz CT molecular complexity index is 989. The van der Waals surface area contributed by atoms with Gasteiger partial charge in [-0.15, -0.1) is 10.2 Å². The predicted molar refractivity (Wildman–Crippen MR) is 122 cm³/mol. The van der Waals surface area contributed by atoms with Gasteiger partial charge in [0.05, 0.1) is 0 Å². The van der Waals surface area contributed by atoms with E-state index in [1.54, 1.807) is 5.57 Å². The number of hydrogen-bond acceptors (Lipinski definition) is 6. The monoisotopic (exact) mass is 422 g/mol. The Kier molecular flexibility index (Phi) is 5.00. The fraction of sp³-hybridized carbons (Fsp3) is 0.542. The van der Waals surface area contributed by atoms with Gasteiger partial charge in [0.1, 0.15) is 0 Å². The van der Waals surface area contributed by atoms with E-state index in [9.17, 15) is 0 Å². The van der Waals surface area contributed by atoms with E-state index in [1.807, 2.05) is 12.3 Å². The molecule has 0 unspecified atom stereocenters. The van der Waals surface area contributed by atoms with Gasteiger partial charge in [-0.1, -0.05) is 62.4 Å². The number of ether oxygens (including phenoxy) is 1. The zero-order valence-corrected chi connectivity index (χ0v) is 19.0. The van der Waals surface area contributed by atoms with Crippen LogP contribution in [0.5, 0.6) is 5.88 Å². The lowest BCUT2D eigenvalue weighted by molar-refractivity contribution is 0.0519. The first-order valence-corrected chi connectivity index (χ1v) is 12.2. The number of aromatic nitrogens is 3. The van der Waals surface area contributed by atoms with E-state index in [0.29, 0.717) is 34.2 Å². The highest BCUT2D eigenvalue weighted by Crippen LogP contribution is 2.52. The van der Waals surface area contributed by atoms with Crippen molar-refractivity contribution in [1.82, 2.24) is 15.2 Å². The first kappa shape index (κ1) is 19.9. The molecule has 4 atom stereocenters. The average molecular weight is 423 g/mol. The predicted octanol–water partition coefficient (Wildman–Crippen LogP) is 5.80. The van der Waals surface area contributed by atoms with Gasteiger partial charge in [0, 0.05) is 17.2 Å². The van der Waals surface area contributed by atoms with Crippen LogP contribution in [0.2, 0.25) is 0 Å². The van der Waals surface area contributed by atoms with E-state index in [-0.39, 0.29) is 6.23 Å². The van der Waals surface area contributed by atoms with Crippen molar-refractivity contribution in [1.29, 1.82) is 0 Å². The minimum atomic E-state index is -0.131. The van der Waals surface area contributed by atoms with Crippen LogP contribution in [-0.2, 0) is 0 Å². The molecule has 1 aromatic heterocycles. The van der Waals surface area contributed by atoms with Crippen molar-refractivity contribution in [3.8, 4) is 17.1 Å². The molecule has 0 bridgehead atoms. The number of rotatable bonds is 2. The number of para-hydroxylation sites is 1. The third-order valence-electron chi connectivity index (χ3n) is 7.31. The van der Waals surface area contributed by atoms with Gasteiger partial charge in [0.25, 0.3) is 0 Å². The summed E-state index contributed by atoms with van der Waals surface area (Å²) >= 11 is 1.49. The van der Waals surface area contributed by atoms with Gasteiger partial charge in [-0.25, -0.2) is 0 Å². The maximum Gasteiger partial charge on any atom is 0.247 e. The van der Waals surface area contributed by atoms with E-state index in [4.69, 9.17) is 4.74 Å². The minimum Gasteiger partial charge on any atom is -0.452 e. The van der Waals surface area contributed by atoms with E-state index in [1.165, 1.54) is 24.6 Å². The Hall–Kier alpha value is -2.08. The number of allylic oxidation sites excluding steroid dienone is 2. The van der Waals surface area contributed by atoms with Crippen LogP contribution in [0.1, 0.15) is 46.5 Å². The highest BCUT2D eigenvalue weighted by atomic mass is 32.2. The SMILES string of the molecule is CSc1nnc2c(n1)O[C@H]([C@@H]1C[C@H]3C(=CCCC3(C)C)C[C@@H]1C)Nc1ccccc1-2. The summed E-state index contributed by atoms with van der Waals surface area (Å²) in [5.74, 6) is 2.16. The number of benzene rings is 1. The van der Waals surface area contributed by atoms with Crippen LogP contribution in [0.25, 0.3) is 11.3 Å². The Balaban J connectivity index is 1.53. The molecule has 30 heavy (non-hydrogen) atoms. The zero-order chi connectivity index (χ0) is 20.9. The third-order valence-corrected chi connectivity index (χ3v) is 7.85. The lowest BCUT2D eigenvalue weighted by Gasteiger charge is -2.48. The van der Waals surface area contributed by atoms with Crippen molar-refractivity contribution >= 4 is 17.4 Å². The van der Waals surface area contributed by atoms with Gasteiger partial charge >= 0.3 is 0 Å². The second-order valence-corrected chi connectivity index (χ2v) is 10.4. The van der Waals surface area contributed by atoms with Crippen LogP contribution >= 0.6 is 11.8 Å². The van der Waals surface area contributed by atoms with Crippen molar-refractivity contribution in [2.75, 3.05) is 11.6 Å². The highest BCUT2D eigenvalue weighted by molar-refractivity contribution is 7.98. The zero-order valence-electron chi connectivity index (χ0n) is 18.2. The molecule has 0 spiro atoms. The summed E-state index contributed by atoms with van der Waals surface area (Å²) in [7, 11) is 0. The van der Waals surface area contributed by atoms with E-state index in [0.717, 1.165) is 29.8 Å². The number of fused-ring (bicyclic) bond motifs is 4. The van der Waals surface area contributed by atoms with Crippen molar-refractivity contribution in [3.63, 3.8) is 0 Å². The molecule has 1 N–H and O–H groups in total. The summed E-state index contributed by atoms with van der Waals surface area (Å²) in [5, 5.41) is 13.1. The topological polar surface area (TPSA) is 59.9 Å². The molecule has 3 aliphatic rings. The largest absolute Gasteiger partial charge is 0.452 e. The minimum absolute atomic E-state index is 0.131. The molecule has 5 rings (SSSR count). The smallest absolute Gasteiger partial charge is 0.247 e. The first-order valence-electron chi connectivity index (χ1n) is 11.0. The molecule has 1 aliphatic heterocycles. The average Bonchev–Trinajstić information content (AvgIpc) is 2.89. The number of thioether (sulfide) groups is 1. The number of nitrogens with one attached hydrogen (secondary N) is 1. The highest BCUT2D eigenvalue weighted by Gasteiger charge is 2.44. The van der Waals surface area contributed by atoms with Crippen molar-refractivity contribution in [2.45, 2.75) is 57.8 Å². The fourth-order valence-electron chi connectivity index (χ4n) is 5.54. The Morgan fingerprint density at radius 2 is 2.03 bits per heavy atom. The summed E-state index contributed by atoms with van der Waals surface area (Å²) in [5.41, 5.74) is 4.78. The van der Waals surface area contributed by atoms with Crippen LogP contribution in [0.4, 0.5) is 5.69 Å². The van der Waals surface area contributed by atoms with Crippen molar-refractivity contribution in [3.05, 3.63) is 35.9 Å². The van der Waals surface area contributed by atoms with Gasteiger partial charge in [0.15, 0.2) is 11.9 Å². The van der Waals surface area contributed by atoms with Crippen LogP contribution in [0, 0.1) is 23.2 Å². The molecule has 158 valence electrons. The van der Waals surface area contributed by atoms with Crippen LogP contribution in [0.15, 0.2) is 41.1 Å². The van der Waals surface area contributed by atoms with Crippen molar-refractivity contribution < 1.29 is 4.74 Å². The van der Waals surface area contributed by atoms with E-state index in [2.05, 4.69) is 65.5 Å². The molecule has 2 aromatic rings. The Morgan fingerprint density at radius 1 is 1.20 bits per heavy atom. The maximum absolute atomic E-state index is 6.58. The fourth-order valence-corrected chi connectivity index (χ4v) is 5.84. The normalized spacial score (nSPS) is 29.3. The first-order chi connectivity index (χ1) is 14.5. The van der Waals surface area contributed by atoms with Gasteiger partial charge < -0.3 is 10.1 Å². The molecule has 5 nitrogen and oxygen atoms in total. The molecular formula is C24H30N4OS. The standard InChI is InChI=1S/C24H30N4OS/c1-14-12-15-8-7-11-24(2,3)18(15)13-17(14)21-25-19-10-6-5-9-16(19)20-22(29-21)26-23(30-4)28-27-20/h5-6,8-10,14,17-18,21,25H,7,11-13H2,1-4H3/t14-,17+,18-,21+/m0/s1. The molecule has 0 saturated heterocycles.